The van der Waals surface area contributed by atoms with Crippen molar-refractivity contribution in [3.05, 3.63) is 36.1 Å². The van der Waals surface area contributed by atoms with Gasteiger partial charge in [0.2, 0.25) is 0 Å². The number of hydrogen-bond donors (Lipinski definition) is 2. The predicted octanol–water partition coefficient (Wildman–Crippen LogP) is 2.36. The summed E-state index contributed by atoms with van der Waals surface area (Å²) in [5, 5.41) is 3.94. The molecule has 5 heteroatoms. The van der Waals surface area contributed by atoms with E-state index in [4.69, 9.17) is 10.4 Å². The lowest BCUT2D eigenvalue weighted by atomic mass is 10.1. The number of anilines is 1. The number of nitrogens with two attached hydrogens (primary N) is 1. The van der Waals surface area contributed by atoms with Gasteiger partial charge >= 0.3 is 0 Å². The van der Waals surface area contributed by atoms with Gasteiger partial charge in [0.05, 0.1) is 0 Å². The average Bonchev–Trinajstić information content (AvgIpc) is 2.61. The Bertz CT molecular complexity index is 427. The number of rotatable bonds is 2. The van der Waals surface area contributed by atoms with Gasteiger partial charge in [0.1, 0.15) is 11.4 Å². The first-order valence-corrected chi connectivity index (χ1v) is 4.31. The molecular weight excluding hydrogens is 214 g/mol. The SMILES string of the molecule is Cc1onc(-c2ccccc2)c1NN.Cl. The van der Waals surface area contributed by atoms with Crippen LogP contribution in [0, 0.1) is 6.92 Å². The van der Waals surface area contributed by atoms with Crippen LogP contribution in [0.3, 0.4) is 0 Å². The Hall–Kier alpha value is -1.52. The van der Waals surface area contributed by atoms with Crippen molar-refractivity contribution in [1.29, 1.82) is 0 Å². The van der Waals surface area contributed by atoms with Gasteiger partial charge in [-0.3, -0.25) is 5.84 Å². The molecule has 0 spiro atoms. The van der Waals surface area contributed by atoms with E-state index < -0.39 is 0 Å². The van der Waals surface area contributed by atoms with Gasteiger partial charge in [-0.15, -0.1) is 12.4 Å². The molecule has 0 atom stereocenters. The van der Waals surface area contributed by atoms with Gasteiger partial charge < -0.3 is 9.95 Å². The molecule has 0 aliphatic heterocycles. The molecule has 4 nitrogen and oxygen atoms in total. The maximum atomic E-state index is 5.38. The summed E-state index contributed by atoms with van der Waals surface area (Å²) in [5.74, 6) is 6.07. The second-order valence-electron chi connectivity index (χ2n) is 2.97. The molecule has 0 amide bonds. The quantitative estimate of drug-likeness (QED) is 0.608. The highest BCUT2D eigenvalue weighted by molar-refractivity contribution is 5.85. The highest BCUT2D eigenvalue weighted by atomic mass is 35.5. The van der Waals surface area contributed by atoms with Crippen LogP contribution in [0.2, 0.25) is 0 Å². The van der Waals surface area contributed by atoms with Crippen molar-refractivity contribution in [3.63, 3.8) is 0 Å². The number of aryl methyl sites for hydroxylation is 1. The van der Waals surface area contributed by atoms with Crippen molar-refractivity contribution in [1.82, 2.24) is 5.16 Å². The minimum atomic E-state index is 0. The van der Waals surface area contributed by atoms with Crippen LogP contribution in [0.25, 0.3) is 11.3 Å². The molecule has 1 aromatic carbocycles. The molecular formula is C10H12ClN3O. The Kier molecular flexibility index (Phi) is 3.71. The summed E-state index contributed by atoms with van der Waals surface area (Å²) in [5.41, 5.74) is 5.04. The minimum Gasteiger partial charge on any atom is -0.359 e. The third-order valence-corrected chi connectivity index (χ3v) is 2.05. The maximum absolute atomic E-state index is 5.38. The second kappa shape index (κ2) is 4.82. The predicted molar refractivity (Wildman–Crippen MR) is 61.7 cm³/mol. The normalized spacial score (nSPS) is 9.47. The standard InChI is InChI=1S/C10H11N3O.ClH/c1-7-9(12-11)10(13-14-7)8-5-3-2-4-6-8;/h2-6,12H,11H2,1H3;1H. The zero-order valence-electron chi connectivity index (χ0n) is 8.23. The molecule has 2 aromatic rings. The van der Waals surface area contributed by atoms with Gasteiger partial charge in [0, 0.05) is 5.56 Å². The molecule has 0 aliphatic rings. The highest BCUT2D eigenvalue weighted by Gasteiger charge is 2.12. The summed E-state index contributed by atoms with van der Waals surface area (Å²) >= 11 is 0. The first kappa shape index (κ1) is 11.6. The fraction of sp³-hybridized carbons (Fsp3) is 0.100. The number of halogens is 1. The van der Waals surface area contributed by atoms with Crippen LogP contribution in [0.5, 0.6) is 0 Å². The fourth-order valence-electron chi connectivity index (χ4n) is 1.34. The Labute approximate surface area is 93.8 Å². The molecule has 1 heterocycles. The number of nitrogens with one attached hydrogen (secondary N) is 1. The van der Waals surface area contributed by atoms with Crippen LogP contribution in [0.15, 0.2) is 34.9 Å². The first-order chi connectivity index (χ1) is 6.83. The van der Waals surface area contributed by atoms with E-state index in [9.17, 15) is 0 Å². The molecule has 1 aromatic heterocycles. The van der Waals surface area contributed by atoms with E-state index >= 15 is 0 Å². The molecule has 15 heavy (non-hydrogen) atoms. The van der Waals surface area contributed by atoms with E-state index in [1.54, 1.807) is 0 Å². The van der Waals surface area contributed by atoms with Gasteiger partial charge in [-0.05, 0) is 6.92 Å². The maximum Gasteiger partial charge on any atom is 0.158 e. The van der Waals surface area contributed by atoms with Crippen LogP contribution >= 0.6 is 12.4 Å². The van der Waals surface area contributed by atoms with E-state index in [-0.39, 0.29) is 12.4 Å². The lowest BCUT2D eigenvalue weighted by molar-refractivity contribution is 0.400. The number of hydrogen-bond acceptors (Lipinski definition) is 4. The van der Waals surface area contributed by atoms with Crippen molar-refractivity contribution < 1.29 is 4.52 Å². The summed E-state index contributed by atoms with van der Waals surface area (Å²) in [4.78, 5) is 0. The van der Waals surface area contributed by atoms with Crippen molar-refractivity contribution >= 4 is 18.1 Å². The summed E-state index contributed by atoms with van der Waals surface area (Å²) < 4.78 is 5.05. The molecule has 2 rings (SSSR count). The van der Waals surface area contributed by atoms with Crippen molar-refractivity contribution in [2.75, 3.05) is 5.43 Å². The molecule has 0 saturated heterocycles. The van der Waals surface area contributed by atoms with Crippen LogP contribution in [0.1, 0.15) is 5.76 Å². The van der Waals surface area contributed by atoms with E-state index in [0.717, 1.165) is 16.9 Å². The summed E-state index contributed by atoms with van der Waals surface area (Å²) in [6.45, 7) is 1.81. The number of benzene rings is 1. The molecule has 0 aliphatic carbocycles. The average molecular weight is 226 g/mol. The third-order valence-electron chi connectivity index (χ3n) is 2.05. The van der Waals surface area contributed by atoms with Crippen molar-refractivity contribution in [3.8, 4) is 11.3 Å². The first-order valence-electron chi connectivity index (χ1n) is 4.31. The molecule has 80 valence electrons. The fourth-order valence-corrected chi connectivity index (χ4v) is 1.34. The van der Waals surface area contributed by atoms with Gasteiger partial charge in [-0.25, -0.2) is 0 Å². The summed E-state index contributed by atoms with van der Waals surface area (Å²) in [6.07, 6.45) is 0. The van der Waals surface area contributed by atoms with Crippen molar-refractivity contribution in [2.24, 2.45) is 5.84 Å². The molecule has 0 unspecified atom stereocenters. The van der Waals surface area contributed by atoms with Crippen LogP contribution in [0.4, 0.5) is 5.69 Å². The highest BCUT2D eigenvalue weighted by Crippen LogP contribution is 2.28. The van der Waals surface area contributed by atoms with E-state index in [1.807, 2.05) is 37.3 Å². The Morgan fingerprint density at radius 3 is 2.53 bits per heavy atom. The second-order valence-corrected chi connectivity index (χ2v) is 2.97. The monoisotopic (exact) mass is 225 g/mol. The zero-order chi connectivity index (χ0) is 9.97. The topological polar surface area (TPSA) is 64.1 Å². The lowest BCUT2D eigenvalue weighted by Gasteiger charge is -1.99. The molecule has 0 bridgehead atoms. The van der Waals surface area contributed by atoms with Gasteiger partial charge in [0.25, 0.3) is 0 Å². The van der Waals surface area contributed by atoms with E-state index in [1.165, 1.54) is 0 Å². The Balaban J connectivity index is 0.00000112. The van der Waals surface area contributed by atoms with Crippen LogP contribution < -0.4 is 11.3 Å². The summed E-state index contributed by atoms with van der Waals surface area (Å²) in [6, 6.07) is 9.75. The number of hydrazine groups is 1. The lowest BCUT2D eigenvalue weighted by Crippen LogP contribution is -2.07. The number of aromatic nitrogens is 1. The summed E-state index contributed by atoms with van der Waals surface area (Å²) in [7, 11) is 0. The minimum absolute atomic E-state index is 0. The van der Waals surface area contributed by atoms with Gasteiger partial charge in [0.15, 0.2) is 5.76 Å². The molecule has 0 fully saturated rings. The third kappa shape index (κ3) is 2.11. The Morgan fingerprint density at radius 1 is 1.27 bits per heavy atom. The Morgan fingerprint density at radius 2 is 1.93 bits per heavy atom. The number of nitrogens with zero attached hydrogens (tertiary/aromatic N) is 1. The van der Waals surface area contributed by atoms with E-state index in [0.29, 0.717) is 5.76 Å². The molecule has 0 saturated carbocycles. The molecule has 0 radical (unpaired) electrons. The molecule has 3 N–H and O–H groups in total. The zero-order valence-corrected chi connectivity index (χ0v) is 9.04. The van der Waals surface area contributed by atoms with Gasteiger partial charge in [-0.1, -0.05) is 35.5 Å². The number of nitrogen functional groups attached to an aromatic ring is 1. The van der Waals surface area contributed by atoms with E-state index in [2.05, 4.69) is 10.6 Å². The van der Waals surface area contributed by atoms with Crippen LogP contribution in [-0.4, -0.2) is 5.16 Å². The largest absolute Gasteiger partial charge is 0.359 e. The van der Waals surface area contributed by atoms with Crippen molar-refractivity contribution in [2.45, 2.75) is 6.92 Å². The smallest absolute Gasteiger partial charge is 0.158 e. The van der Waals surface area contributed by atoms with Crippen LogP contribution in [-0.2, 0) is 0 Å². The van der Waals surface area contributed by atoms with Gasteiger partial charge in [-0.2, -0.15) is 0 Å².